The zero-order valence-corrected chi connectivity index (χ0v) is 22.8. The van der Waals surface area contributed by atoms with Crippen LogP contribution in [0, 0.1) is 0 Å². The first-order chi connectivity index (χ1) is 20.0. The van der Waals surface area contributed by atoms with Gasteiger partial charge in [-0.1, -0.05) is 42.5 Å². The van der Waals surface area contributed by atoms with Crippen molar-refractivity contribution in [3.05, 3.63) is 119 Å². The Hall–Kier alpha value is -4.85. The number of aromatic nitrogens is 2. The molecule has 2 aliphatic heterocycles. The van der Waals surface area contributed by atoms with Crippen LogP contribution in [0.2, 0.25) is 0 Å². The molecule has 0 aliphatic carbocycles. The first-order valence-electron chi connectivity index (χ1n) is 13.8. The molecule has 3 aromatic carbocycles. The minimum Gasteiger partial charge on any atom is -0.507 e. The van der Waals surface area contributed by atoms with E-state index in [1.165, 1.54) is 0 Å². The van der Waals surface area contributed by atoms with E-state index in [9.17, 15) is 14.7 Å². The fourth-order valence-electron chi connectivity index (χ4n) is 5.51. The summed E-state index contributed by atoms with van der Waals surface area (Å²) in [7, 11) is 0. The zero-order chi connectivity index (χ0) is 28.3. The van der Waals surface area contributed by atoms with Crippen LogP contribution >= 0.6 is 0 Å². The molecule has 208 valence electrons. The number of amides is 1. The number of hydrogen-bond donors (Lipinski definition) is 1. The SMILES string of the molecule is C[C@H]1Cc2cc(/C(O)=C3\C(=O)C(=O)N(CCCn4ccnc4)[C@@H]3c3ccc(OCc4ccccc4)cc3)ccc2O1. The second kappa shape index (κ2) is 11.3. The van der Waals surface area contributed by atoms with E-state index in [2.05, 4.69) is 4.98 Å². The fourth-order valence-corrected chi connectivity index (χ4v) is 5.51. The number of aryl methyl sites for hydroxylation is 1. The van der Waals surface area contributed by atoms with Gasteiger partial charge in [-0.05, 0) is 60.4 Å². The maximum atomic E-state index is 13.4. The minimum atomic E-state index is -0.732. The van der Waals surface area contributed by atoms with Gasteiger partial charge in [-0.3, -0.25) is 9.59 Å². The lowest BCUT2D eigenvalue weighted by molar-refractivity contribution is -0.139. The summed E-state index contributed by atoms with van der Waals surface area (Å²) < 4.78 is 13.7. The number of hydrogen-bond acceptors (Lipinski definition) is 6. The number of rotatable bonds is 9. The molecule has 1 aromatic heterocycles. The van der Waals surface area contributed by atoms with E-state index in [4.69, 9.17) is 9.47 Å². The summed E-state index contributed by atoms with van der Waals surface area (Å²) in [5.74, 6) is -0.0504. The minimum absolute atomic E-state index is 0.0473. The van der Waals surface area contributed by atoms with E-state index in [-0.39, 0.29) is 17.4 Å². The molecule has 0 radical (unpaired) electrons. The highest BCUT2D eigenvalue weighted by molar-refractivity contribution is 6.46. The molecule has 1 N–H and O–H groups in total. The summed E-state index contributed by atoms with van der Waals surface area (Å²) in [6.45, 7) is 3.40. The Morgan fingerprint density at radius 3 is 2.61 bits per heavy atom. The number of aliphatic hydroxyl groups is 1. The highest BCUT2D eigenvalue weighted by Crippen LogP contribution is 2.41. The number of carbonyl (C=O) groups is 2. The van der Waals surface area contributed by atoms with Gasteiger partial charge in [0.05, 0.1) is 17.9 Å². The van der Waals surface area contributed by atoms with Crippen molar-refractivity contribution in [2.45, 2.75) is 45.1 Å². The van der Waals surface area contributed by atoms with Crippen molar-refractivity contribution >= 4 is 17.4 Å². The van der Waals surface area contributed by atoms with Gasteiger partial charge >= 0.3 is 0 Å². The van der Waals surface area contributed by atoms with Gasteiger partial charge in [0.1, 0.15) is 30.0 Å². The molecule has 1 saturated heterocycles. The lowest BCUT2D eigenvalue weighted by atomic mass is 9.94. The lowest BCUT2D eigenvalue weighted by Gasteiger charge is -2.25. The number of Topliss-reactive ketones (excluding diaryl/α,β-unsaturated/α-hetero) is 1. The molecule has 0 spiro atoms. The molecular weight excluding hydrogens is 518 g/mol. The van der Waals surface area contributed by atoms with Crippen LogP contribution in [0.3, 0.4) is 0 Å². The van der Waals surface area contributed by atoms with Crippen molar-refractivity contribution in [3.8, 4) is 11.5 Å². The Morgan fingerprint density at radius 1 is 1.05 bits per heavy atom. The first-order valence-corrected chi connectivity index (χ1v) is 13.8. The fraction of sp³-hybridized carbons (Fsp3) is 0.242. The van der Waals surface area contributed by atoms with Crippen LogP contribution in [-0.4, -0.2) is 43.9 Å². The molecule has 0 bridgehead atoms. The predicted molar refractivity (Wildman–Crippen MR) is 153 cm³/mol. The van der Waals surface area contributed by atoms with Crippen LogP contribution < -0.4 is 9.47 Å². The molecule has 1 amide bonds. The van der Waals surface area contributed by atoms with Gasteiger partial charge in [-0.15, -0.1) is 0 Å². The quantitative estimate of drug-likeness (QED) is 0.173. The van der Waals surface area contributed by atoms with Crippen molar-refractivity contribution in [2.75, 3.05) is 6.54 Å². The lowest BCUT2D eigenvalue weighted by Crippen LogP contribution is -2.31. The van der Waals surface area contributed by atoms with Gasteiger partial charge in [0.15, 0.2) is 0 Å². The highest BCUT2D eigenvalue weighted by atomic mass is 16.5. The predicted octanol–water partition coefficient (Wildman–Crippen LogP) is 5.30. The smallest absolute Gasteiger partial charge is 0.295 e. The van der Waals surface area contributed by atoms with E-state index in [0.29, 0.717) is 43.9 Å². The van der Waals surface area contributed by atoms with Crippen molar-refractivity contribution in [1.29, 1.82) is 0 Å². The number of carbonyl (C=O) groups excluding carboxylic acids is 2. The van der Waals surface area contributed by atoms with Crippen LogP contribution in [0.25, 0.3) is 5.76 Å². The molecule has 0 saturated carbocycles. The van der Waals surface area contributed by atoms with Crippen molar-refractivity contribution < 1.29 is 24.2 Å². The molecule has 1 fully saturated rings. The maximum absolute atomic E-state index is 13.4. The molecule has 2 atom stereocenters. The number of nitrogens with zero attached hydrogens (tertiary/aromatic N) is 3. The van der Waals surface area contributed by atoms with E-state index in [0.717, 1.165) is 22.4 Å². The average Bonchev–Trinajstić information content (AvgIpc) is 3.71. The summed E-state index contributed by atoms with van der Waals surface area (Å²) in [5.41, 5.74) is 3.32. The van der Waals surface area contributed by atoms with Crippen molar-refractivity contribution in [1.82, 2.24) is 14.5 Å². The van der Waals surface area contributed by atoms with Gasteiger partial charge in [0.2, 0.25) is 0 Å². The molecule has 4 aromatic rings. The molecule has 0 unspecified atom stereocenters. The number of aliphatic hydroxyl groups excluding tert-OH is 1. The largest absolute Gasteiger partial charge is 0.507 e. The second-order valence-corrected chi connectivity index (χ2v) is 10.4. The van der Waals surface area contributed by atoms with Crippen molar-refractivity contribution in [2.24, 2.45) is 0 Å². The highest BCUT2D eigenvalue weighted by Gasteiger charge is 2.45. The van der Waals surface area contributed by atoms with E-state index in [1.807, 2.05) is 84.4 Å². The standard InChI is InChI=1S/C33H31N3O5/c1-22-18-26-19-25(10-13-28(26)41-22)31(37)29-30(36(33(39)32(29)38)16-5-15-35-17-14-34-21-35)24-8-11-27(12-9-24)40-20-23-6-3-2-4-7-23/h2-4,6-14,17,19,21-22,30,37H,5,15-16,18,20H2,1H3/b31-29+/t22-,30+/m0/s1. The number of fused-ring (bicyclic) bond motifs is 1. The number of ketones is 1. The second-order valence-electron chi connectivity index (χ2n) is 10.4. The van der Waals surface area contributed by atoms with Crippen LogP contribution in [0.4, 0.5) is 0 Å². The number of ether oxygens (including phenoxy) is 2. The Morgan fingerprint density at radius 2 is 1.85 bits per heavy atom. The number of likely N-dealkylation sites (tertiary alicyclic amines) is 1. The normalized spacial score (nSPS) is 19.3. The van der Waals surface area contributed by atoms with E-state index in [1.54, 1.807) is 23.5 Å². The van der Waals surface area contributed by atoms with Gasteiger partial charge < -0.3 is 24.0 Å². The van der Waals surface area contributed by atoms with Gasteiger partial charge in [0.25, 0.3) is 11.7 Å². The third kappa shape index (κ3) is 5.45. The van der Waals surface area contributed by atoms with E-state index < -0.39 is 17.7 Å². The van der Waals surface area contributed by atoms with Crippen LogP contribution in [0.5, 0.6) is 11.5 Å². The summed E-state index contributed by atoms with van der Waals surface area (Å²) in [6.07, 6.45) is 6.66. The average molecular weight is 550 g/mol. The molecule has 41 heavy (non-hydrogen) atoms. The summed E-state index contributed by atoms with van der Waals surface area (Å²) in [4.78, 5) is 32.4. The molecule has 8 nitrogen and oxygen atoms in total. The first kappa shape index (κ1) is 26.4. The summed E-state index contributed by atoms with van der Waals surface area (Å²) in [6, 6.07) is 21.9. The summed E-state index contributed by atoms with van der Waals surface area (Å²) in [5, 5.41) is 11.5. The van der Waals surface area contributed by atoms with Crippen LogP contribution in [-0.2, 0) is 29.2 Å². The van der Waals surface area contributed by atoms with E-state index >= 15 is 0 Å². The summed E-state index contributed by atoms with van der Waals surface area (Å²) >= 11 is 0. The third-order valence-electron chi connectivity index (χ3n) is 7.53. The molecule has 2 aliphatic rings. The van der Waals surface area contributed by atoms with Crippen molar-refractivity contribution in [3.63, 3.8) is 0 Å². The third-order valence-corrected chi connectivity index (χ3v) is 7.53. The Labute approximate surface area is 238 Å². The van der Waals surface area contributed by atoms with Crippen LogP contribution in [0.15, 0.2) is 97.1 Å². The molecular formula is C33H31N3O5. The maximum Gasteiger partial charge on any atom is 0.295 e. The van der Waals surface area contributed by atoms with Crippen LogP contribution in [0.1, 0.15) is 41.6 Å². The number of imidazole rings is 1. The Kier molecular flexibility index (Phi) is 7.29. The van der Waals surface area contributed by atoms with Gasteiger partial charge in [-0.25, -0.2) is 4.98 Å². The molecule has 3 heterocycles. The Bertz CT molecular complexity index is 1580. The Balaban J connectivity index is 1.31. The van der Waals surface area contributed by atoms with Gasteiger partial charge in [0, 0.05) is 37.5 Å². The molecule has 8 heteroatoms. The number of benzene rings is 3. The monoisotopic (exact) mass is 549 g/mol. The zero-order valence-electron chi connectivity index (χ0n) is 22.8. The molecule has 6 rings (SSSR count). The van der Waals surface area contributed by atoms with Gasteiger partial charge in [-0.2, -0.15) is 0 Å². The topological polar surface area (TPSA) is 93.9 Å².